The Bertz CT molecular complexity index is 1220. The number of amides is 1. The number of aliphatic hydroxyl groups is 1. The van der Waals surface area contributed by atoms with E-state index in [-0.39, 0.29) is 18.7 Å². The highest BCUT2D eigenvalue weighted by Crippen LogP contribution is 2.36. The number of rotatable bonds is 11. The summed E-state index contributed by atoms with van der Waals surface area (Å²) in [5, 5.41) is 16.7. The van der Waals surface area contributed by atoms with Gasteiger partial charge in [0, 0.05) is 29.8 Å². The second-order valence-corrected chi connectivity index (χ2v) is 11.7. The van der Waals surface area contributed by atoms with E-state index in [2.05, 4.69) is 62.6 Å². The summed E-state index contributed by atoms with van der Waals surface area (Å²) in [6.07, 6.45) is 1.85. The van der Waals surface area contributed by atoms with Crippen molar-refractivity contribution in [1.29, 1.82) is 0 Å². The average molecular weight is 565 g/mol. The standard InChI is InChI=1S/C33H43FN2O2.C2H6.CH4/c1-8-9-25-20-26(14-19-29(25)36-22-31(3,4)27-15-10-23(2)11-16-27)30(37)35-21-24-12-17-28(18-13-24)33(7,34)32(5,6)38;1-2;/h10-20,36,38H,8-9,21-22H2,1-7H3,(H,35,37);1-2H3;1H4. The van der Waals surface area contributed by atoms with Crippen LogP contribution in [0.3, 0.4) is 0 Å². The summed E-state index contributed by atoms with van der Waals surface area (Å²) >= 11 is 0. The van der Waals surface area contributed by atoms with E-state index in [1.54, 1.807) is 24.3 Å². The zero-order chi connectivity index (χ0) is 30.1. The van der Waals surface area contributed by atoms with Crippen LogP contribution >= 0.6 is 0 Å². The topological polar surface area (TPSA) is 61.4 Å². The van der Waals surface area contributed by atoms with E-state index in [9.17, 15) is 9.90 Å². The van der Waals surface area contributed by atoms with Gasteiger partial charge >= 0.3 is 0 Å². The first-order valence-corrected chi connectivity index (χ1v) is 14.5. The Morgan fingerprint density at radius 1 is 0.878 bits per heavy atom. The molecule has 0 spiro atoms. The largest absolute Gasteiger partial charge is 0.387 e. The quantitative estimate of drug-likeness (QED) is 0.218. The molecule has 0 bridgehead atoms. The van der Waals surface area contributed by atoms with Gasteiger partial charge in [-0.25, -0.2) is 4.39 Å². The van der Waals surface area contributed by atoms with Crippen LogP contribution < -0.4 is 10.6 Å². The van der Waals surface area contributed by atoms with Crippen molar-refractivity contribution in [3.63, 3.8) is 0 Å². The maximum atomic E-state index is 15.0. The van der Waals surface area contributed by atoms with Gasteiger partial charge < -0.3 is 15.7 Å². The Hall–Kier alpha value is -3.18. The zero-order valence-electron chi connectivity index (χ0n) is 25.9. The first-order valence-electron chi connectivity index (χ1n) is 14.5. The first-order chi connectivity index (χ1) is 18.7. The lowest BCUT2D eigenvalue weighted by atomic mass is 9.83. The van der Waals surface area contributed by atoms with Crippen molar-refractivity contribution in [2.45, 2.75) is 106 Å². The summed E-state index contributed by atoms with van der Waals surface area (Å²) in [6, 6.07) is 21.4. The molecule has 0 aromatic heterocycles. The van der Waals surface area contributed by atoms with Crippen LogP contribution in [0.15, 0.2) is 66.7 Å². The van der Waals surface area contributed by atoms with Crippen LogP contribution in [0.5, 0.6) is 0 Å². The van der Waals surface area contributed by atoms with Gasteiger partial charge in [-0.05, 0) is 74.6 Å². The minimum absolute atomic E-state index is 0. The Morgan fingerprint density at radius 2 is 1.44 bits per heavy atom. The molecule has 0 aliphatic rings. The van der Waals surface area contributed by atoms with Crippen molar-refractivity contribution in [3.05, 3.63) is 100 Å². The highest BCUT2D eigenvalue weighted by Gasteiger charge is 2.41. The Kier molecular flexibility index (Phi) is 13.3. The molecule has 4 nitrogen and oxygen atoms in total. The third-order valence-corrected chi connectivity index (χ3v) is 7.54. The Balaban J connectivity index is 0.00000274. The molecule has 41 heavy (non-hydrogen) atoms. The van der Waals surface area contributed by atoms with Crippen LogP contribution in [-0.4, -0.2) is 23.2 Å². The van der Waals surface area contributed by atoms with Crippen LogP contribution in [-0.2, 0) is 24.0 Å². The van der Waals surface area contributed by atoms with Crippen LogP contribution in [0, 0.1) is 6.92 Å². The third-order valence-electron chi connectivity index (χ3n) is 7.54. The molecule has 1 atom stereocenters. The van der Waals surface area contributed by atoms with E-state index in [4.69, 9.17) is 0 Å². The van der Waals surface area contributed by atoms with Gasteiger partial charge in [0.05, 0.1) is 5.60 Å². The van der Waals surface area contributed by atoms with Gasteiger partial charge in [0.2, 0.25) is 0 Å². The van der Waals surface area contributed by atoms with Crippen LogP contribution in [0.2, 0.25) is 0 Å². The first kappa shape index (κ1) is 35.8. The number of halogens is 1. The number of nitrogens with one attached hydrogen (secondary N) is 2. The molecule has 0 heterocycles. The summed E-state index contributed by atoms with van der Waals surface area (Å²) in [6.45, 7) is 18.1. The number of carbonyl (C=O) groups is 1. The summed E-state index contributed by atoms with van der Waals surface area (Å²) in [5.74, 6) is -0.148. The van der Waals surface area contributed by atoms with E-state index in [0.717, 1.165) is 36.2 Å². The number of carbonyl (C=O) groups excluding carboxylic acids is 1. The Morgan fingerprint density at radius 3 is 1.98 bits per heavy atom. The van der Waals surface area contributed by atoms with Crippen LogP contribution in [0.1, 0.15) is 107 Å². The lowest BCUT2D eigenvalue weighted by Crippen LogP contribution is -2.41. The smallest absolute Gasteiger partial charge is 0.251 e. The number of aryl methyl sites for hydroxylation is 2. The second kappa shape index (κ2) is 15.2. The molecule has 3 aromatic rings. The van der Waals surface area contributed by atoms with Gasteiger partial charge in [-0.3, -0.25) is 4.79 Å². The molecule has 3 aromatic carbocycles. The molecule has 5 heteroatoms. The fraction of sp³-hybridized carbons (Fsp3) is 0.472. The predicted octanol–water partition coefficient (Wildman–Crippen LogP) is 8.89. The number of alkyl halides is 1. The summed E-state index contributed by atoms with van der Waals surface area (Å²) in [7, 11) is 0. The second-order valence-electron chi connectivity index (χ2n) is 11.7. The highest BCUT2D eigenvalue weighted by molar-refractivity contribution is 5.94. The van der Waals surface area contributed by atoms with E-state index >= 15 is 4.39 Å². The summed E-state index contributed by atoms with van der Waals surface area (Å²) < 4.78 is 15.0. The van der Waals surface area contributed by atoms with Crippen LogP contribution in [0.4, 0.5) is 10.1 Å². The normalized spacial score (nSPS) is 12.8. The summed E-state index contributed by atoms with van der Waals surface area (Å²) in [4.78, 5) is 12.9. The van der Waals surface area contributed by atoms with E-state index in [1.807, 2.05) is 32.0 Å². The van der Waals surface area contributed by atoms with E-state index in [1.165, 1.54) is 31.9 Å². The Labute approximate surface area is 248 Å². The molecule has 0 saturated heterocycles. The van der Waals surface area contributed by atoms with Crippen molar-refractivity contribution in [2.75, 3.05) is 11.9 Å². The van der Waals surface area contributed by atoms with Gasteiger partial charge in [-0.2, -0.15) is 0 Å². The van der Waals surface area contributed by atoms with E-state index < -0.39 is 11.3 Å². The molecule has 3 rings (SSSR count). The predicted molar refractivity (Wildman–Crippen MR) is 174 cm³/mol. The minimum Gasteiger partial charge on any atom is -0.387 e. The molecule has 0 fully saturated rings. The molecule has 1 unspecified atom stereocenters. The van der Waals surface area contributed by atoms with E-state index in [0.29, 0.717) is 17.7 Å². The van der Waals surface area contributed by atoms with Crippen molar-refractivity contribution in [1.82, 2.24) is 5.32 Å². The van der Waals surface area contributed by atoms with Gasteiger partial charge in [0.25, 0.3) is 5.91 Å². The highest BCUT2D eigenvalue weighted by atomic mass is 19.1. The van der Waals surface area contributed by atoms with Gasteiger partial charge in [-0.15, -0.1) is 0 Å². The van der Waals surface area contributed by atoms with Crippen molar-refractivity contribution in [3.8, 4) is 0 Å². The van der Waals surface area contributed by atoms with Gasteiger partial charge in [0.1, 0.15) is 0 Å². The van der Waals surface area contributed by atoms with Crippen molar-refractivity contribution < 1.29 is 14.3 Å². The molecular weight excluding hydrogens is 511 g/mol. The van der Waals surface area contributed by atoms with Crippen molar-refractivity contribution >= 4 is 11.6 Å². The average Bonchev–Trinajstić information content (AvgIpc) is 2.92. The third kappa shape index (κ3) is 9.43. The molecule has 226 valence electrons. The molecular formula is C36H53FN2O2. The fourth-order valence-electron chi connectivity index (χ4n) is 4.38. The molecule has 0 radical (unpaired) electrons. The van der Waals surface area contributed by atoms with Crippen LogP contribution in [0.25, 0.3) is 0 Å². The maximum Gasteiger partial charge on any atom is 0.251 e. The monoisotopic (exact) mass is 564 g/mol. The molecule has 0 aliphatic heterocycles. The maximum absolute atomic E-state index is 15.0. The number of hydrogen-bond acceptors (Lipinski definition) is 3. The molecule has 1 amide bonds. The molecule has 0 saturated carbocycles. The lowest BCUT2D eigenvalue weighted by molar-refractivity contribution is -0.0715. The minimum atomic E-state index is -1.88. The number of hydrogen-bond donors (Lipinski definition) is 3. The number of anilines is 1. The summed E-state index contributed by atoms with van der Waals surface area (Å²) in [5.41, 5.74) is 3.17. The number of benzene rings is 3. The molecule has 3 N–H and O–H groups in total. The van der Waals surface area contributed by atoms with Gasteiger partial charge in [-0.1, -0.05) is 103 Å². The van der Waals surface area contributed by atoms with Gasteiger partial charge in [0.15, 0.2) is 5.67 Å². The zero-order valence-corrected chi connectivity index (χ0v) is 25.9. The van der Waals surface area contributed by atoms with Crippen molar-refractivity contribution in [2.24, 2.45) is 0 Å². The lowest BCUT2D eigenvalue weighted by Gasteiger charge is -2.33. The molecule has 0 aliphatic carbocycles. The fourth-order valence-corrected chi connectivity index (χ4v) is 4.38. The SMILES string of the molecule is C.CC.CCCc1cc(C(=O)NCc2ccc(C(C)(F)C(C)(C)O)cc2)ccc1NCC(C)(C)c1ccc(C)cc1.